The fraction of sp³-hybridized carbons (Fsp3) is 0.923. The maximum Gasteiger partial charge on any atom is 0.302 e. The van der Waals surface area contributed by atoms with Gasteiger partial charge in [-0.3, -0.25) is 4.79 Å². The van der Waals surface area contributed by atoms with Crippen molar-refractivity contribution in [2.45, 2.75) is 47.0 Å². The summed E-state index contributed by atoms with van der Waals surface area (Å²) in [6, 6.07) is 0. The molecule has 2 rings (SSSR count). The number of esters is 1. The molecule has 2 saturated carbocycles. The van der Waals surface area contributed by atoms with Gasteiger partial charge in [0.2, 0.25) is 0 Å². The van der Waals surface area contributed by atoms with E-state index in [1.165, 1.54) is 26.2 Å². The molecule has 2 aliphatic rings. The maximum absolute atomic E-state index is 10.8. The highest BCUT2D eigenvalue weighted by Crippen LogP contribution is 2.67. The van der Waals surface area contributed by atoms with E-state index >= 15 is 0 Å². The van der Waals surface area contributed by atoms with Gasteiger partial charge in [-0.25, -0.2) is 0 Å². The van der Waals surface area contributed by atoms with Crippen molar-refractivity contribution in [1.29, 1.82) is 0 Å². The van der Waals surface area contributed by atoms with E-state index in [0.29, 0.717) is 23.4 Å². The molecular weight excluding hydrogens is 188 g/mol. The van der Waals surface area contributed by atoms with Gasteiger partial charge in [0, 0.05) is 6.92 Å². The number of hydrogen-bond acceptors (Lipinski definition) is 2. The summed E-state index contributed by atoms with van der Waals surface area (Å²) in [5.74, 6) is 1.21. The van der Waals surface area contributed by atoms with Gasteiger partial charge < -0.3 is 4.74 Å². The standard InChI is InChI=1S/C13H22O2/c1-9(14)15-8-10-7-13(4)6-5-11(10)12(13,2)3/h10-11H,5-8H2,1-4H3/t10-,11+,13-/m1/s1. The van der Waals surface area contributed by atoms with Crippen molar-refractivity contribution in [2.75, 3.05) is 6.61 Å². The first kappa shape index (κ1) is 11.0. The third-order valence-electron chi connectivity index (χ3n) is 5.27. The molecule has 86 valence electrons. The van der Waals surface area contributed by atoms with E-state index in [9.17, 15) is 4.79 Å². The molecule has 15 heavy (non-hydrogen) atoms. The van der Waals surface area contributed by atoms with Crippen molar-refractivity contribution in [2.24, 2.45) is 22.7 Å². The molecule has 0 aromatic rings. The first-order chi connectivity index (χ1) is 6.87. The predicted octanol–water partition coefficient (Wildman–Crippen LogP) is 3.01. The zero-order valence-electron chi connectivity index (χ0n) is 10.3. The number of hydrogen-bond donors (Lipinski definition) is 0. The molecule has 2 nitrogen and oxygen atoms in total. The van der Waals surface area contributed by atoms with Crippen LogP contribution in [0.3, 0.4) is 0 Å². The molecule has 2 aliphatic carbocycles. The molecular formula is C13H22O2. The van der Waals surface area contributed by atoms with Crippen molar-refractivity contribution in [1.82, 2.24) is 0 Å². The van der Waals surface area contributed by atoms with E-state index in [1.54, 1.807) is 0 Å². The van der Waals surface area contributed by atoms with Crippen LogP contribution in [0.5, 0.6) is 0 Å². The quantitative estimate of drug-likeness (QED) is 0.655. The summed E-state index contributed by atoms with van der Waals surface area (Å²) in [5, 5.41) is 0. The van der Waals surface area contributed by atoms with Gasteiger partial charge in [0.25, 0.3) is 0 Å². The Morgan fingerprint density at radius 2 is 2.07 bits per heavy atom. The lowest BCUT2D eigenvalue weighted by Gasteiger charge is -2.34. The van der Waals surface area contributed by atoms with Gasteiger partial charge in [-0.05, 0) is 41.9 Å². The molecule has 2 heteroatoms. The summed E-state index contributed by atoms with van der Waals surface area (Å²) in [5.41, 5.74) is 0.903. The second-order valence-corrected chi connectivity index (χ2v) is 6.19. The minimum absolute atomic E-state index is 0.138. The molecule has 2 fully saturated rings. The average Bonchev–Trinajstić information content (AvgIpc) is 2.45. The summed E-state index contributed by atoms with van der Waals surface area (Å²) in [7, 11) is 0. The van der Waals surface area contributed by atoms with E-state index in [0.717, 1.165) is 5.92 Å². The second-order valence-electron chi connectivity index (χ2n) is 6.19. The summed E-state index contributed by atoms with van der Waals surface area (Å²) in [6.45, 7) is 9.32. The summed E-state index contributed by atoms with van der Waals surface area (Å²) < 4.78 is 5.18. The van der Waals surface area contributed by atoms with Gasteiger partial charge in [0.05, 0.1) is 6.61 Å². The molecule has 2 bridgehead atoms. The Labute approximate surface area is 92.4 Å². The van der Waals surface area contributed by atoms with Crippen molar-refractivity contribution in [3.05, 3.63) is 0 Å². The Bertz CT molecular complexity index is 280. The molecule has 0 aromatic carbocycles. The van der Waals surface area contributed by atoms with Crippen LogP contribution in [0, 0.1) is 22.7 Å². The molecule has 0 heterocycles. The van der Waals surface area contributed by atoms with E-state index in [1.807, 2.05) is 0 Å². The lowest BCUT2D eigenvalue weighted by molar-refractivity contribution is -0.143. The number of carbonyl (C=O) groups excluding carboxylic acids is 1. The lowest BCUT2D eigenvalue weighted by Crippen LogP contribution is -2.26. The van der Waals surface area contributed by atoms with Crippen LogP contribution in [-0.4, -0.2) is 12.6 Å². The van der Waals surface area contributed by atoms with Gasteiger partial charge >= 0.3 is 5.97 Å². The van der Waals surface area contributed by atoms with Crippen LogP contribution in [0.25, 0.3) is 0 Å². The highest BCUT2D eigenvalue weighted by atomic mass is 16.5. The topological polar surface area (TPSA) is 26.3 Å². The minimum Gasteiger partial charge on any atom is -0.466 e. The van der Waals surface area contributed by atoms with Gasteiger partial charge in [0.15, 0.2) is 0 Å². The average molecular weight is 210 g/mol. The van der Waals surface area contributed by atoms with Crippen LogP contribution in [-0.2, 0) is 9.53 Å². The van der Waals surface area contributed by atoms with Crippen LogP contribution in [0.15, 0.2) is 0 Å². The molecule has 0 aliphatic heterocycles. The summed E-state index contributed by atoms with van der Waals surface area (Å²) >= 11 is 0. The van der Waals surface area contributed by atoms with Crippen molar-refractivity contribution < 1.29 is 9.53 Å². The normalized spacial score (nSPS) is 41.9. The number of carbonyl (C=O) groups is 1. The summed E-state index contributed by atoms with van der Waals surface area (Å²) in [4.78, 5) is 10.8. The first-order valence-electron chi connectivity index (χ1n) is 6.00. The van der Waals surface area contributed by atoms with Crippen LogP contribution in [0.1, 0.15) is 47.0 Å². The molecule has 0 radical (unpaired) electrons. The molecule has 0 spiro atoms. The lowest BCUT2D eigenvalue weighted by atomic mass is 9.71. The molecule has 0 aromatic heterocycles. The van der Waals surface area contributed by atoms with Crippen molar-refractivity contribution >= 4 is 5.97 Å². The van der Waals surface area contributed by atoms with Gasteiger partial charge in [-0.15, -0.1) is 0 Å². The molecule has 0 N–H and O–H groups in total. The van der Waals surface area contributed by atoms with Crippen LogP contribution >= 0.6 is 0 Å². The van der Waals surface area contributed by atoms with Gasteiger partial charge in [-0.1, -0.05) is 20.8 Å². The largest absolute Gasteiger partial charge is 0.466 e. The highest BCUT2D eigenvalue weighted by Gasteiger charge is 2.60. The Kier molecular flexibility index (Phi) is 2.36. The van der Waals surface area contributed by atoms with E-state index < -0.39 is 0 Å². The third kappa shape index (κ3) is 1.49. The fourth-order valence-electron chi connectivity index (χ4n) is 3.92. The third-order valence-corrected chi connectivity index (χ3v) is 5.27. The first-order valence-corrected chi connectivity index (χ1v) is 6.00. The second kappa shape index (κ2) is 3.23. The smallest absolute Gasteiger partial charge is 0.302 e. The maximum atomic E-state index is 10.8. The van der Waals surface area contributed by atoms with E-state index in [2.05, 4.69) is 20.8 Å². The Morgan fingerprint density at radius 3 is 2.47 bits per heavy atom. The number of fused-ring (bicyclic) bond motifs is 2. The minimum atomic E-state index is -0.138. The zero-order chi connectivity index (χ0) is 11.3. The van der Waals surface area contributed by atoms with Gasteiger partial charge in [-0.2, -0.15) is 0 Å². The van der Waals surface area contributed by atoms with Crippen LogP contribution in [0.2, 0.25) is 0 Å². The fourth-order valence-corrected chi connectivity index (χ4v) is 3.92. The molecule has 0 unspecified atom stereocenters. The highest BCUT2D eigenvalue weighted by molar-refractivity contribution is 5.65. The molecule has 3 atom stereocenters. The van der Waals surface area contributed by atoms with Crippen molar-refractivity contribution in [3.63, 3.8) is 0 Å². The molecule has 0 saturated heterocycles. The Hall–Kier alpha value is -0.530. The van der Waals surface area contributed by atoms with E-state index in [-0.39, 0.29) is 5.97 Å². The Morgan fingerprint density at radius 1 is 1.40 bits per heavy atom. The summed E-state index contributed by atoms with van der Waals surface area (Å²) in [6.07, 6.45) is 3.90. The van der Waals surface area contributed by atoms with Crippen LogP contribution < -0.4 is 0 Å². The number of ether oxygens (including phenoxy) is 1. The molecule has 0 amide bonds. The van der Waals surface area contributed by atoms with E-state index in [4.69, 9.17) is 4.74 Å². The monoisotopic (exact) mass is 210 g/mol. The number of rotatable bonds is 2. The Balaban J connectivity index is 2.05. The van der Waals surface area contributed by atoms with Crippen LogP contribution in [0.4, 0.5) is 0 Å². The SMILES string of the molecule is CC(=O)OC[C@H]1C[C@@]2(C)CC[C@@H]1C2(C)C. The predicted molar refractivity (Wildman–Crippen MR) is 59.4 cm³/mol. The van der Waals surface area contributed by atoms with Crippen molar-refractivity contribution in [3.8, 4) is 0 Å². The van der Waals surface area contributed by atoms with Gasteiger partial charge in [0.1, 0.15) is 0 Å². The zero-order valence-corrected chi connectivity index (χ0v) is 10.3.